The Morgan fingerprint density at radius 2 is 2.00 bits per heavy atom. The Bertz CT molecular complexity index is 787. The number of ether oxygens (including phenoxy) is 1. The number of benzene rings is 1. The Hall–Kier alpha value is -2.67. The van der Waals surface area contributed by atoms with Crippen LogP contribution in [0.1, 0.15) is 23.1 Å². The molecule has 2 atom stereocenters. The van der Waals surface area contributed by atoms with E-state index >= 15 is 0 Å². The maximum atomic E-state index is 13.2. The number of likely N-dealkylation sites (N-methyl/N-ethyl adjacent to an activating group) is 1. The van der Waals surface area contributed by atoms with Crippen molar-refractivity contribution in [3.8, 4) is 0 Å². The van der Waals surface area contributed by atoms with Crippen molar-refractivity contribution in [2.75, 3.05) is 20.2 Å². The molecule has 2 heterocycles. The molecule has 0 spiro atoms. The van der Waals surface area contributed by atoms with Crippen LogP contribution in [0.5, 0.6) is 0 Å². The van der Waals surface area contributed by atoms with Gasteiger partial charge in [-0.2, -0.15) is 0 Å². The molecule has 6 nitrogen and oxygen atoms in total. The molecule has 138 valence electrons. The van der Waals surface area contributed by atoms with Crippen LogP contribution in [0.4, 0.5) is 4.39 Å². The molecule has 1 N–H and O–H groups in total. The summed E-state index contributed by atoms with van der Waals surface area (Å²) < 4.78 is 24.2. The third kappa shape index (κ3) is 3.94. The molecule has 0 bridgehead atoms. The summed E-state index contributed by atoms with van der Waals surface area (Å²) in [5.74, 6) is 0.679. The number of carbonyl (C=O) groups excluding carboxylic acids is 2. The van der Waals surface area contributed by atoms with Crippen LogP contribution in [0.15, 0.2) is 40.8 Å². The van der Waals surface area contributed by atoms with Crippen molar-refractivity contribution < 1.29 is 23.1 Å². The number of hydrogen-bond donors (Lipinski definition) is 1. The number of carbonyl (C=O) groups is 2. The van der Waals surface area contributed by atoms with E-state index < -0.39 is 12.1 Å². The third-order valence-corrected chi connectivity index (χ3v) is 4.42. The van der Waals surface area contributed by atoms with Gasteiger partial charge in [-0.25, -0.2) is 4.39 Å². The molecule has 0 saturated carbocycles. The van der Waals surface area contributed by atoms with Gasteiger partial charge in [-0.3, -0.25) is 9.59 Å². The van der Waals surface area contributed by atoms with Crippen LogP contribution >= 0.6 is 0 Å². The van der Waals surface area contributed by atoms with Crippen molar-refractivity contribution in [2.24, 2.45) is 0 Å². The van der Waals surface area contributed by atoms with Crippen LogP contribution < -0.4 is 5.32 Å². The largest absolute Gasteiger partial charge is 0.466 e. The van der Waals surface area contributed by atoms with Crippen molar-refractivity contribution >= 4 is 11.8 Å². The van der Waals surface area contributed by atoms with Crippen LogP contribution in [0, 0.1) is 12.7 Å². The van der Waals surface area contributed by atoms with E-state index in [4.69, 9.17) is 9.15 Å². The average Bonchev–Trinajstić information content (AvgIpc) is 3.03. The van der Waals surface area contributed by atoms with E-state index in [2.05, 4.69) is 5.32 Å². The van der Waals surface area contributed by atoms with Crippen molar-refractivity contribution in [1.82, 2.24) is 10.2 Å². The molecule has 2 amide bonds. The van der Waals surface area contributed by atoms with Gasteiger partial charge in [0.15, 0.2) is 6.10 Å². The van der Waals surface area contributed by atoms with Crippen LogP contribution in [-0.2, 0) is 20.7 Å². The quantitative estimate of drug-likeness (QED) is 0.885. The zero-order chi connectivity index (χ0) is 18.7. The lowest BCUT2D eigenvalue weighted by molar-refractivity contribution is -0.162. The molecule has 2 aromatic rings. The van der Waals surface area contributed by atoms with Gasteiger partial charge in [0.2, 0.25) is 5.91 Å². The fraction of sp³-hybridized carbons (Fsp3) is 0.368. The molecule has 0 unspecified atom stereocenters. The van der Waals surface area contributed by atoms with E-state index in [1.165, 1.54) is 17.0 Å². The average molecular weight is 360 g/mol. The third-order valence-electron chi connectivity index (χ3n) is 4.42. The Balaban J connectivity index is 1.69. The molecule has 26 heavy (non-hydrogen) atoms. The highest BCUT2D eigenvalue weighted by molar-refractivity contribution is 5.86. The number of halogens is 1. The molecule has 1 aliphatic rings. The molecule has 1 saturated heterocycles. The highest BCUT2D eigenvalue weighted by atomic mass is 19.1. The highest BCUT2D eigenvalue weighted by Crippen LogP contribution is 2.29. The predicted octanol–water partition coefficient (Wildman–Crippen LogP) is 1.98. The molecule has 7 heteroatoms. The number of amides is 2. The Kier molecular flexibility index (Phi) is 5.37. The first-order chi connectivity index (χ1) is 12.5. The van der Waals surface area contributed by atoms with Gasteiger partial charge < -0.3 is 19.4 Å². The first kappa shape index (κ1) is 18.1. The molecule has 1 aromatic carbocycles. The zero-order valence-electron chi connectivity index (χ0n) is 14.7. The van der Waals surface area contributed by atoms with Gasteiger partial charge in [-0.1, -0.05) is 12.1 Å². The minimum atomic E-state index is -0.860. The van der Waals surface area contributed by atoms with E-state index in [1.54, 1.807) is 19.2 Å². The number of rotatable bonds is 5. The van der Waals surface area contributed by atoms with Crippen molar-refractivity contribution in [1.29, 1.82) is 0 Å². The molecular formula is C19H21FN2O4. The van der Waals surface area contributed by atoms with E-state index in [0.717, 1.165) is 11.5 Å². The first-order valence-electron chi connectivity index (χ1n) is 8.41. The Morgan fingerprint density at radius 1 is 1.27 bits per heavy atom. The molecular weight excluding hydrogens is 339 g/mol. The fourth-order valence-corrected chi connectivity index (χ4v) is 3.02. The van der Waals surface area contributed by atoms with Gasteiger partial charge in [-0.05, 0) is 36.8 Å². The van der Waals surface area contributed by atoms with E-state index in [1.807, 2.05) is 19.1 Å². The monoisotopic (exact) mass is 360 g/mol. The molecule has 1 fully saturated rings. The topological polar surface area (TPSA) is 71.8 Å². The molecule has 0 aliphatic carbocycles. The van der Waals surface area contributed by atoms with Gasteiger partial charge in [0.05, 0.1) is 6.04 Å². The van der Waals surface area contributed by atoms with Crippen LogP contribution in [-0.4, -0.2) is 43.0 Å². The number of nitrogens with one attached hydrogen (secondary N) is 1. The Morgan fingerprint density at radius 3 is 2.65 bits per heavy atom. The smallest absolute Gasteiger partial charge is 0.251 e. The second kappa shape index (κ2) is 7.70. The summed E-state index contributed by atoms with van der Waals surface area (Å²) >= 11 is 0. The number of furan rings is 1. The summed E-state index contributed by atoms with van der Waals surface area (Å²) in [6, 6.07) is 8.85. The summed E-state index contributed by atoms with van der Waals surface area (Å²) in [6.07, 6.45) is -0.302. The normalized spacial score (nSPS) is 20.3. The summed E-state index contributed by atoms with van der Waals surface area (Å²) in [5, 5.41) is 2.82. The highest BCUT2D eigenvalue weighted by Gasteiger charge is 2.39. The van der Waals surface area contributed by atoms with Gasteiger partial charge in [0.25, 0.3) is 5.91 Å². The van der Waals surface area contributed by atoms with E-state index in [0.29, 0.717) is 18.5 Å². The number of aryl methyl sites for hydroxylation is 1. The van der Waals surface area contributed by atoms with Gasteiger partial charge >= 0.3 is 0 Å². The number of nitrogens with zero attached hydrogens (tertiary/aromatic N) is 1. The molecule has 3 rings (SSSR count). The van der Waals surface area contributed by atoms with Gasteiger partial charge in [0.1, 0.15) is 23.9 Å². The second-order valence-corrected chi connectivity index (χ2v) is 6.29. The first-order valence-corrected chi connectivity index (χ1v) is 8.41. The number of morpholine rings is 1. The summed E-state index contributed by atoms with van der Waals surface area (Å²) in [7, 11) is 1.62. The molecule has 1 aromatic heterocycles. The van der Waals surface area contributed by atoms with Crippen LogP contribution in [0.2, 0.25) is 0 Å². The standard InChI is InChI=1S/C19H21FN2O4/c1-12-3-8-15(26-12)9-10-21-19(24)18-17(22(2)16(23)11-25-18)13-4-6-14(20)7-5-13/h3-8,17-18H,9-11H2,1-2H3,(H,21,24)/t17-,18-/m1/s1. The molecule has 1 aliphatic heterocycles. The van der Waals surface area contributed by atoms with Crippen molar-refractivity contribution in [3.05, 3.63) is 59.3 Å². The lowest BCUT2D eigenvalue weighted by Gasteiger charge is -2.38. The van der Waals surface area contributed by atoms with Crippen molar-refractivity contribution in [2.45, 2.75) is 25.5 Å². The summed E-state index contributed by atoms with van der Waals surface area (Å²) in [6.45, 7) is 2.08. The maximum absolute atomic E-state index is 13.2. The van der Waals surface area contributed by atoms with Crippen molar-refractivity contribution in [3.63, 3.8) is 0 Å². The lowest BCUT2D eigenvalue weighted by Crippen LogP contribution is -2.53. The minimum Gasteiger partial charge on any atom is -0.466 e. The zero-order valence-corrected chi connectivity index (χ0v) is 14.7. The number of hydrogen-bond acceptors (Lipinski definition) is 4. The predicted molar refractivity (Wildman–Crippen MR) is 91.8 cm³/mol. The van der Waals surface area contributed by atoms with E-state index in [9.17, 15) is 14.0 Å². The van der Waals surface area contributed by atoms with Crippen LogP contribution in [0.3, 0.4) is 0 Å². The summed E-state index contributed by atoms with van der Waals surface area (Å²) in [4.78, 5) is 26.1. The summed E-state index contributed by atoms with van der Waals surface area (Å²) in [5.41, 5.74) is 0.642. The lowest BCUT2D eigenvalue weighted by atomic mass is 9.97. The Labute approximate surface area is 150 Å². The van der Waals surface area contributed by atoms with Crippen LogP contribution in [0.25, 0.3) is 0 Å². The van der Waals surface area contributed by atoms with Gasteiger partial charge in [0, 0.05) is 20.0 Å². The molecule has 0 radical (unpaired) electrons. The minimum absolute atomic E-state index is 0.163. The second-order valence-electron chi connectivity index (χ2n) is 6.29. The van der Waals surface area contributed by atoms with E-state index in [-0.39, 0.29) is 24.2 Å². The SMILES string of the molecule is Cc1ccc(CCNC(=O)[C@@H]2OCC(=O)N(C)[C@@H]2c2ccc(F)cc2)o1. The maximum Gasteiger partial charge on any atom is 0.251 e. The van der Waals surface area contributed by atoms with Gasteiger partial charge in [-0.15, -0.1) is 0 Å². The fourth-order valence-electron chi connectivity index (χ4n) is 3.02.